The molecule has 1 aromatic rings. The van der Waals surface area contributed by atoms with Gasteiger partial charge in [-0.25, -0.2) is 0 Å². The van der Waals surface area contributed by atoms with Crippen molar-refractivity contribution < 1.29 is 0 Å². The lowest BCUT2D eigenvalue weighted by molar-refractivity contribution is 0.165. The number of rotatable bonds is 3. The van der Waals surface area contributed by atoms with E-state index in [1.165, 1.54) is 11.1 Å². The molecule has 1 heterocycles. The van der Waals surface area contributed by atoms with Crippen LogP contribution in [-0.4, -0.2) is 17.5 Å². The quantitative estimate of drug-likeness (QED) is 0.816. The predicted molar refractivity (Wildman–Crippen MR) is 63.4 cm³/mol. The highest BCUT2D eigenvalue weighted by Crippen LogP contribution is 2.26. The van der Waals surface area contributed by atoms with E-state index in [2.05, 4.69) is 43.0 Å². The van der Waals surface area contributed by atoms with Crippen molar-refractivity contribution in [2.45, 2.75) is 33.0 Å². The van der Waals surface area contributed by atoms with Gasteiger partial charge in [0.05, 0.1) is 0 Å². The summed E-state index contributed by atoms with van der Waals surface area (Å²) in [5.74, 6) is 0.569. The van der Waals surface area contributed by atoms with Crippen LogP contribution in [0.3, 0.4) is 0 Å². The van der Waals surface area contributed by atoms with Crippen molar-refractivity contribution >= 4 is 0 Å². The van der Waals surface area contributed by atoms with Crippen LogP contribution in [0.4, 0.5) is 0 Å². The molecule has 15 heavy (non-hydrogen) atoms. The fourth-order valence-electron chi connectivity index (χ4n) is 2.20. The van der Waals surface area contributed by atoms with E-state index in [0.29, 0.717) is 12.0 Å². The molecule has 2 rings (SSSR count). The zero-order valence-corrected chi connectivity index (χ0v) is 9.61. The summed E-state index contributed by atoms with van der Waals surface area (Å²) in [6.45, 7) is 7.45. The van der Waals surface area contributed by atoms with E-state index in [1.807, 2.05) is 0 Å². The number of benzene rings is 1. The molecular formula is C13H20N2. The van der Waals surface area contributed by atoms with Crippen LogP contribution in [0.15, 0.2) is 24.3 Å². The van der Waals surface area contributed by atoms with Crippen LogP contribution in [0, 0.1) is 5.92 Å². The molecular weight excluding hydrogens is 184 g/mol. The molecule has 0 saturated heterocycles. The maximum absolute atomic E-state index is 5.72. The second-order valence-electron chi connectivity index (χ2n) is 4.63. The molecule has 2 heteroatoms. The standard InChI is InChI=1S/C13H20N2/c1-10(7-14)11(2)15-8-12-5-3-4-6-13(12)9-15/h3-6,10-11H,7-9,14H2,1-2H3. The first kappa shape index (κ1) is 10.7. The van der Waals surface area contributed by atoms with Crippen LogP contribution in [-0.2, 0) is 13.1 Å². The van der Waals surface area contributed by atoms with Crippen molar-refractivity contribution in [2.75, 3.05) is 6.54 Å². The summed E-state index contributed by atoms with van der Waals surface area (Å²) in [4.78, 5) is 2.52. The molecule has 1 aliphatic heterocycles. The lowest BCUT2D eigenvalue weighted by atomic mass is 10.0. The molecule has 0 saturated carbocycles. The highest BCUT2D eigenvalue weighted by atomic mass is 15.2. The number of fused-ring (bicyclic) bond motifs is 1. The summed E-state index contributed by atoms with van der Waals surface area (Å²) in [6.07, 6.45) is 0. The van der Waals surface area contributed by atoms with Crippen molar-refractivity contribution in [3.05, 3.63) is 35.4 Å². The smallest absolute Gasteiger partial charge is 0.0243 e. The average Bonchev–Trinajstić information content (AvgIpc) is 2.70. The lowest BCUT2D eigenvalue weighted by Gasteiger charge is -2.28. The molecule has 0 fully saturated rings. The van der Waals surface area contributed by atoms with Gasteiger partial charge in [0.1, 0.15) is 0 Å². The van der Waals surface area contributed by atoms with Crippen LogP contribution in [0.25, 0.3) is 0 Å². The Morgan fingerprint density at radius 1 is 1.20 bits per heavy atom. The summed E-state index contributed by atoms with van der Waals surface area (Å²) in [5, 5.41) is 0. The summed E-state index contributed by atoms with van der Waals surface area (Å²) < 4.78 is 0. The number of hydrogen-bond donors (Lipinski definition) is 1. The molecule has 0 aliphatic carbocycles. The molecule has 0 aromatic heterocycles. The second-order valence-corrected chi connectivity index (χ2v) is 4.63. The van der Waals surface area contributed by atoms with Gasteiger partial charge in [0.2, 0.25) is 0 Å². The fourth-order valence-corrected chi connectivity index (χ4v) is 2.20. The summed E-state index contributed by atoms with van der Waals surface area (Å²) in [5.41, 5.74) is 8.68. The molecule has 82 valence electrons. The molecule has 0 amide bonds. The largest absolute Gasteiger partial charge is 0.330 e. The summed E-state index contributed by atoms with van der Waals surface area (Å²) in [7, 11) is 0. The second kappa shape index (κ2) is 4.33. The van der Waals surface area contributed by atoms with Gasteiger partial charge in [-0.15, -0.1) is 0 Å². The molecule has 1 aliphatic rings. The maximum Gasteiger partial charge on any atom is 0.0243 e. The molecule has 2 atom stereocenters. The Labute approximate surface area is 92.1 Å². The third-order valence-corrected chi connectivity index (χ3v) is 3.64. The Hall–Kier alpha value is -0.860. The van der Waals surface area contributed by atoms with Gasteiger partial charge in [0, 0.05) is 19.1 Å². The van der Waals surface area contributed by atoms with Gasteiger partial charge in [-0.05, 0) is 30.5 Å². The first-order chi connectivity index (χ1) is 7.22. The van der Waals surface area contributed by atoms with Crippen molar-refractivity contribution in [3.63, 3.8) is 0 Å². The molecule has 2 N–H and O–H groups in total. The Morgan fingerprint density at radius 3 is 2.20 bits per heavy atom. The molecule has 0 spiro atoms. The number of nitrogens with two attached hydrogens (primary N) is 1. The van der Waals surface area contributed by atoms with Gasteiger partial charge in [-0.3, -0.25) is 4.90 Å². The first-order valence-corrected chi connectivity index (χ1v) is 5.73. The highest BCUT2D eigenvalue weighted by molar-refractivity contribution is 5.30. The Morgan fingerprint density at radius 2 is 1.73 bits per heavy atom. The van der Waals surface area contributed by atoms with Crippen molar-refractivity contribution in [3.8, 4) is 0 Å². The van der Waals surface area contributed by atoms with Gasteiger partial charge < -0.3 is 5.73 Å². The SMILES string of the molecule is CC(CN)C(C)N1Cc2ccccc2C1. The average molecular weight is 204 g/mol. The van der Waals surface area contributed by atoms with Crippen LogP contribution in [0.2, 0.25) is 0 Å². The normalized spacial score (nSPS) is 19.9. The van der Waals surface area contributed by atoms with Gasteiger partial charge in [-0.1, -0.05) is 31.2 Å². The minimum atomic E-state index is 0.569. The minimum absolute atomic E-state index is 0.569. The zero-order valence-electron chi connectivity index (χ0n) is 9.61. The van der Waals surface area contributed by atoms with Crippen LogP contribution in [0.5, 0.6) is 0 Å². The third-order valence-electron chi connectivity index (χ3n) is 3.64. The third kappa shape index (κ3) is 2.06. The predicted octanol–water partition coefficient (Wildman–Crippen LogP) is 1.99. The summed E-state index contributed by atoms with van der Waals surface area (Å²) >= 11 is 0. The van der Waals surface area contributed by atoms with E-state index >= 15 is 0 Å². The van der Waals surface area contributed by atoms with E-state index in [4.69, 9.17) is 5.73 Å². The maximum atomic E-state index is 5.72. The van der Waals surface area contributed by atoms with Gasteiger partial charge in [0.25, 0.3) is 0 Å². The summed E-state index contributed by atoms with van der Waals surface area (Å²) in [6, 6.07) is 9.28. The van der Waals surface area contributed by atoms with Crippen LogP contribution < -0.4 is 5.73 Å². The Bertz CT molecular complexity index is 310. The van der Waals surface area contributed by atoms with Gasteiger partial charge in [0.15, 0.2) is 0 Å². The first-order valence-electron chi connectivity index (χ1n) is 5.73. The zero-order chi connectivity index (χ0) is 10.8. The van der Waals surface area contributed by atoms with Crippen molar-refractivity contribution in [1.82, 2.24) is 4.90 Å². The Kier molecular flexibility index (Phi) is 3.08. The minimum Gasteiger partial charge on any atom is -0.330 e. The van der Waals surface area contributed by atoms with Gasteiger partial charge >= 0.3 is 0 Å². The molecule has 1 aromatic carbocycles. The fraction of sp³-hybridized carbons (Fsp3) is 0.538. The van der Waals surface area contributed by atoms with E-state index in [-0.39, 0.29) is 0 Å². The molecule has 2 unspecified atom stereocenters. The highest BCUT2D eigenvalue weighted by Gasteiger charge is 2.25. The molecule has 2 nitrogen and oxygen atoms in total. The monoisotopic (exact) mass is 204 g/mol. The lowest BCUT2D eigenvalue weighted by Crippen LogP contribution is -2.36. The van der Waals surface area contributed by atoms with Crippen LogP contribution >= 0.6 is 0 Å². The molecule has 0 radical (unpaired) electrons. The van der Waals surface area contributed by atoms with E-state index in [0.717, 1.165) is 19.6 Å². The van der Waals surface area contributed by atoms with E-state index in [9.17, 15) is 0 Å². The van der Waals surface area contributed by atoms with Crippen LogP contribution in [0.1, 0.15) is 25.0 Å². The Balaban J connectivity index is 2.07. The van der Waals surface area contributed by atoms with E-state index in [1.54, 1.807) is 0 Å². The van der Waals surface area contributed by atoms with Crippen molar-refractivity contribution in [2.24, 2.45) is 11.7 Å². The number of hydrogen-bond acceptors (Lipinski definition) is 2. The van der Waals surface area contributed by atoms with E-state index < -0.39 is 0 Å². The van der Waals surface area contributed by atoms with Gasteiger partial charge in [-0.2, -0.15) is 0 Å². The molecule has 0 bridgehead atoms. The number of nitrogens with zero attached hydrogens (tertiary/aromatic N) is 1. The van der Waals surface area contributed by atoms with Crippen molar-refractivity contribution in [1.29, 1.82) is 0 Å². The topological polar surface area (TPSA) is 29.3 Å².